The number of aliphatic hydroxyl groups excluding tert-OH is 2. The summed E-state index contributed by atoms with van der Waals surface area (Å²) in [5.74, 6) is -0.300. The third-order valence-electron chi connectivity index (χ3n) is 2.70. The highest BCUT2D eigenvalue weighted by Gasteiger charge is 2.20. The van der Waals surface area contributed by atoms with Crippen molar-refractivity contribution in [2.75, 3.05) is 6.54 Å². The summed E-state index contributed by atoms with van der Waals surface area (Å²) < 4.78 is 1.31. The fraction of sp³-hybridized carbons (Fsp3) is 0.364. The SMILES string of the molecule is CC(=O)NCC(O)C(O)c1cc2c(=O)[nH]cnn2c1. The van der Waals surface area contributed by atoms with Gasteiger partial charge in [0.15, 0.2) is 0 Å². The Balaban J connectivity index is 2.21. The number of fused-ring (bicyclic) bond motifs is 1. The smallest absolute Gasteiger partial charge is 0.275 e. The standard InChI is InChI=1S/C11H14N4O4/c1-6(16)12-3-9(17)10(18)7-2-8-11(19)13-5-14-15(8)4-7/h2,4-5,9-10,17-18H,3H2,1H3,(H,12,16)(H,13,14,19). The summed E-state index contributed by atoms with van der Waals surface area (Å²) in [6, 6.07) is 1.44. The molecule has 0 aromatic carbocycles. The molecule has 0 fully saturated rings. The molecule has 4 N–H and O–H groups in total. The number of aromatic nitrogens is 3. The maximum atomic E-state index is 11.5. The van der Waals surface area contributed by atoms with E-state index in [0.717, 1.165) is 0 Å². The average Bonchev–Trinajstić information content (AvgIpc) is 2.80. The highest BCUT2D eigenvalue weighted by atomic mass is 16.3. The Morgan fingerprint density at radius 1 is 1.58 bits per heavy atom. The molecule has 0 bridgehead atoms. The van der Waals surface area contributed by atoms with E-state index in [1.54, 1.807) is 0 Å². The lowest BCUT2D eigenvalue weighted by Crippen LogP contribution is -2.34. The van der Waals surface area contributed by atoms with Gasteiger partial charge in [0.1, 0.15) is 24.1 Å². The number of nitrogens with zero attached hydrogens (tertiary/aromatic N) is 2. The van der Waals surface area contributed by atoms with Crippen LogP contribution in [0.4, 0.5) is 0 Å². The molecular weight excluding hydrogens is 252 g/mol. The summed E-state index contributed by atoms with van der Waals surface area (Å²) in [7, 11) is 0. The molecule has 0 saturated carbocycles. The van der Waals surface area contributed by atoms with Gasteiger partial charge >= 0.3 is 0 Å². The van der Waals surface area contributed by atoms with Gasteiger partial charge in [-0.2, -0.15) is 5.10 Å². The van der Waals surface area contributed by atoms with Gasteiger partial charge in [-0.1, -0.05) is 0 Å². The Morgan fingerprint density at radius 2 is 2.32 bits per heavy atom. The van der Waals surface area contributed by atoms with Crippen molar-refractivity contribution >= 4 is 11.4 Å². The van der Waals surface area contributed by atoms with Crippen molar-refractivity contribution in [3.05, 3.63) is 34.5 Å². The van der Waals surface area contributed by atoms with Crippen LogP contribution in [-0.2, 0) is 4.79 Å². The topological polar surface area (TPSA) is 120 Å². The molecule has 2 unspecified atom stereocenters. The van der Waals surface area contributed by atoms with E-state index in [1.807, 2.05) is 0 Å². The zero-order valence-electron chi connectivity index (χ0n) is 10.2. The van der Waals surface area contributed by atoms with Crippen molar-refractivity contribution in [1.29, 1.82) is 0 Å². The number of nitrogens with one attached hydrogen (secondary N) is 2. The van der Waals surface area contributed by atoms with Crippen LogP contribution >= 0.6 is 0 Å². The predicted molar refractivity (Wildman–Crippen MR) is 65.5 cm³/mol. The zero-order valence-corrected chi connectivity index (χ0v) is 10.2. The summed E-state index contributed by atoms with van der Waals surface area (Å²) in [4.78, 5) is 24.6. The van der Waals surface area contributed by atoms with Gasteiger partial charge in [-0.15, -0.1) is 0 Å². The maximum absolute atomic E-state index is 11.5. The summed E-state index contributed by atoms with van der Waals surface area (Å²) in [6.07, 6.45) is 0.305. The van der Waals surface area contributed by atoms with Gasteiger partial charge in [-0.05, 0) is 6.07 Å². The largest absolute Gasteiger partial charge is 0.388 e. The monoisotopic (exact) mass is 266 g/mol. The highest BCUT2D eigenvalue weighted by Crippen LogP contribution is 2.18. The molecule has 0 radical (unpaired) electrons. The quantitative estimate of drug-likeness (QED) is 0.540. The van der Waals surface area contributed by atoms with Crippen LogP contribution in [-0.4, -0.2) is 43.4 Å². The van der Waals surface area contributed by atoms with Crippen LogP contribution in [0.1, 0.15) is 18.6 Å². The van der Waals surface area contributed by atoms with E-state index < -0.39 is 12.2 Å². The molecule has 0 saturated heterocycles. The Kier molecular flexibility index (Phi) is 3.63. The zero-order chi connectivity index (χ0) is 14.0. The Morgan fingerprint density at radius 3 is 2.95 bits per heavy atom. The molecule has 8 nitrogen and oxygen atoms in total. The minimum atomic E-state index is -1.21. The fourth-order valence-electron chi connectivity index (χ4n) is 1.70. The summed E-state index contributed by atoms with van der Waals surface area (Å²) in [5, 5.41) is 26.0. The summed E-state index contributed by atoms with van der Waals surface area (Å²) in [6.45, 7) is 1.24. The van der Waals surface area contributed by atoms with E-state index >= 15 is 0 Å². The van der Waals surface area contributed by atoms with Crippen molar-refractivity contribution in [2.24, 2.45) is 0 Å². The number of H-pyrrole nitrogens is 1. The van der Waals surface area contributed by atoms with Crippen LogP contribution in [0, 0.1) is 0 Å². The van der Waals surface area contributed by atoms with Crippen LogP contribution < -0.4 is 10.9 Å². The molecule has 0 aliphatic carbocycles. The molecule has 19 heavy (non-hydrogen) atoms. The molecule has 0 aliphatic rings. The van der Waals surface area contributed by atoms with Crippen LogP contribution in [0.3, 0.4) is 0 Å². The molecule has 2 heterocycles. The molecule has 102 valence electrons. The number of aromatic amines is 1. The second-order valence-electron chi connectivity index (χ2n) is 4.17. The van der Waals surface area contributed by atoms with E-state index in [2.05, 4.69) is 15.4 Å². The van der Waals surface area contributed by atoms with E-state index in [9.17, 15) is 19.8 Å². The van der Waals surface area contributed by atoms with Crippen molar-refractivity contribution in [2.45, 2.75) is 19.1 Å². The van der Waals surface area contributed by atoms with Gasteiger partial charge in [0.05, 0.1) is 0 Å². The molecule has 2 rings (SSSR count). The van der Waals surface area contributed by atoms with Gasteiger partial charge in [-0.25, -0.2) is 4.52 Å². The Labute approximate surface area is 107 Å². The van der Waals surface area contributed by atoms with Gasteiger partial charge in [0.25, 0.3) is 5.56 Å². The number of carbonyl (C=O) groups excluding carboxylic acids is 1. The predicted octanol–water partition coefficient (Wildman–Crippen LogP) is -1.45. The molecule has 2 atom stereocenters. The third-order valence-corrected chi connectivity index (χ3v) is 2.70. The Bertz CT molecular complexity index is 647. The number of amides is 1. The number of carbonyl (C=O) groups is 1. The first-order valence-electron chi connectivity index (χ1n) is 5.65. The second-order valence-corrected chi connectivity index (χ2v) is 4.17. The summed E-state index contributed by atoms with van der Waals surface area (Å²) >= 11 is 0. The number of rotatable bonds is 4. The second kappa shape index (κ2) is 5.21. The fourth-order valence-corrected chi connectivity index (χ4v) is 1.70. The molecule has 1 amide bonds. The van der Waals surface area contributed by atoms with E-state index in [0.29, 0.717) is 5.56 Å². The lowest BCUT2D eigenvalue weighted by Gasteiger charge is -2.16. The van der Waals surface area contributed by atoms with E-state index in [-0.39, 0.29) is 23.5 Å². The van der Waals surface area contributed by atoms with Gasteiger partial charge in [-0.3, -0.25) is 9.59 Å². The maximum Gasteiger partial charge on any atom is 0.275 e. The third kappa shape index (κ3) is 2.80. The van der Waals surface area contributed by atoms with Gasteiger partial charge in [0.2, 0.25) is 5.91 Å². The van der Waals surface area contributed by atoms with Crippen molar-refractivity contribution in [3.63, 3.8) is 0 Å². The number of hydrogen-bond donors (Lipinski definition) is 4. The summed E-state index contributed by atoms with van der Waals surface area (Å²) in [5.41, 5.74) is 0.273. The first-order valence-corrected chi connectivity index (χ1v) is 5.65. The highest BCUT2D eigenvalue weighted by molar-refractivity contribution is 5.72. The minimum Gasteiger partial charge on any atom is -0.388 e. The van der Waals surface area contributed by atoms with E-state index in [1.165, 1.54) is 30.0 Å². The Hall–Kier alpha value is -2.19. The normalized spacial score (nSPS) is 14.3. The van der Waals surface area contributed by atoms with Crippen LogP contribution in [0.15, 0.2) is 23.4 Å². The molecule has 0 spiro atoms. The van der Waals surface area contributed by atoms with Gasteiger partial charge < -0.3 is 20.5 Å². The number of aliphatic hydroxyl groups is 2. The minimum absolute atomic E-state index is 0.0769. The van der Waals surface area contributed by atoms with Gasteiger partial charge in [0, 0.05) is 25.2 Å². The molecule has 0 aliphatic heterocycles. The lowest BCUT2D eigenvalue weighted by molar-refractivity contribution is -0.119. The molecule has 2 aromatic rings. The molecule has 2 aromatic heterocycles. The first kappa shape index (κ1) is 13.2. The van der Waals surface area contributed by atoms with Crippen LogP contribution in [0.2, 0.25) is 0 Å². The lowest BCUT2D eigenvalue weighted by atomic mass is 10.1. The first-order chi connectivity index (χ1) is 8.99. The van der Waals surface area contributed by atoms with Crippen molar-refractivity contribution in [3.8, 4) is 0 Å². The number of hydrogen-bond acceptors (Lipinski definition) is 5. The van der Waals surface area contributed by atoms with Crippen molar-refractivity contribution < 1.29 is 15.0 Å². The van der Waals surface area contributed by atoms with Crippen LogP contribution in [0.5, 0.6) is 0 Å². The molecular formula is C11H14N4O4. The van der Waals surface area contributed by atoms with Crippen LogP contribution in [0.25, 0.3) is 5.52 Å². The van der Waals surface area contributed by atoms with E-state index in [4.69, 9.17) is 0 Å². The molecule has 8 heteroatoms. The van der Waals surface area contributed by atoms with Crippen molar-refractivity contribution in [1.82, 2.24) is 19.9 Å². The average molecular weight is 266 g/mol.